The minimum Gasteiger partial charge on any atom is -0.491 e. The van der Waals surface area contributed by atoms with Gasteiger partial charge in [0, 0.05) is 25.2 Å². The van der Waals surface area contributed by atoms with Gasteiger partial charge in [0.05, 0.1) is 19.2 Å². The predicted octanol–water partition coefficient (Wildman–Crippen LogP) is 0.372. The highest BCUT2D eigenvalue weighted by Gasteiger charge is 2.26. The second-order valence-corrected chi connectivity index (χ2v) is 9.35. The lowest BCUT2D eigenvalue weighted by molar-refractivity contribution is -0.125. The van der Waals surface area contributed by atoms with E-state index in [0.29, 0.717) is 49.1 Å². The Hall–Kier alpha value is -3.83. The van der Waals surface area contributed by atoms with E-state index >= 15 is 0 Å². The van der Waals surface area contributed by atoms with Crippen LogP contribution in [0.15, 0.2) is 36.4 Å². The molecule has 11 heteroatoms. The van der Waals surface area contributed by atoms with Gasteiger partial charge in [-0.15, -0.1) is 0 Å². The summed E-state index contributed by atoms with van der Waals surface area (Å²) >= 11 is 0. The lowest BCUT2D eigenvalue weighted by Crippen LogP contribution is -2.53. The van der Waals surface area contributed by atoms with Gasteiger partial charge in [0.1, 0.15) is 31.6 Å². The van der Waals surface area contributed by atoms with Crippen molar-refractivity contribution in [3.05, 3.63) is 53.1 Å². The maximum Gasteiger partial charge on any atom is 0.252 e. The maximum absolute atomic E-state index is 12.9. The third-order valence-corrected chi connectivity index (χ3v) is 6.29. The van der Waals surface area contributed by atoms with Crippen molar-refractivity contribution in [2.45, 2.75) is 32.5 Å². The van der Waals surface area contributed by atoms with Gasteiger partial charge < -0.3 is 35.3 Å². The number of fused-ring (bicyclic) bond motifs is 3. The first kappa shape index (κ1) is 27.2. The number of aryl methyl sites for hydroxylation is 1. The molecule has 0 aromatic heterocycles. The van der Waals surface area contributed by atoms with Gasteiger partial charge in [-0.1, -0.05) is 12.1 Å². The monoisotopic (exact) mass is 526 g/mol. The number of hydrogen-bond donors (Lipinski definition) is 4. The van der Waals surface area contributed by atoms with Gasteiger partial charge in [-0.25, -0.2) is 0 Å². The number of rotatable bonds is 3. The van der Waals surface area contributed by atoms with E-state index in [1.165, 1.54) is 6.92 Å². The third-order valence-electron chi connectivity index (χ3n) is 6.29. The molecule has 0 saturated heterocycles. The van der Waals surface area contributed by atoms with Gasteiger partial charge in [0.2, 0.25) is 11.8 Å². The van der Waals surface area contributed by atoms with Crippen molar-refractivity contribution < 1.29 is 33.7 Å². The minimum atomic E-state index is -1.15. The topological polar surface area (TPSA) is 138 Å². The quantitative estimate of drug-likeness (QED) is 0.450. The summed E-state index contributed by atoms with van der Waals surface area (Å²) in [5.74, 6) is 0.614. The Morgan fingerprint density at radius 1 is 0.947 bits per heavy atom. The third kappa shape index (κ3) is 7.14. The minimum absolute atomic E-state index is 0.0927. The number of ether oxygens (including phenoxy) is 3. The number of benzene rings is 2. The molecule has 2 atom stereocenters. The van der Waals surface area contributed by atoms with E-state index in [9.17, 15) is 19.5 Å². The summed E-state index contributed by atoms with van der Waals surface area (Å²) in [5.41, 5.74) is 2.04. The van der Waals surface area contributed by atoms with Crippen LogP contribution in [0.4, 0.5) is 0 Å². The van der Waals surface area contributed by atoms with Crippen LogP contribution in [0, 0.1) is 6.92 Å². The van der Waals surface area contributed by atoms with Crippen molar-refractivity contribution in [1.29, 1.82) is 0 Å². The van der Waals surface area contributed by atoms with E-state index in [4.69, 9.17) is 14.2 Å². The van der Waals surface area contributed by atoms with Crippen LogP contribution >= 0.6 is 0 Å². The zero-order valence-corrected chi connectivity index (χ0v) is 21.6. The summed E-state index contributed by atoms with van der Waals surface area (Å²) in [6.45, 7) is 5.84. The fraction of sp³-hybridized carbons (Fsp3) is 0.444. The van der Waals surface area contributed by atoms with Crippen LogP contribution in [0.2, 0.25) is 0 Å². The van der Waals surface area contributed by atoms with Gasteiger partial charge in [0.15, 0.2) is 11.5 Å². The number of aliphatic hydroxyl groups excluding tert-OH is 1. The van der Waals surface area contributed by atoms with E-state index in [0.717, 1.165) is 11.1 Å². The number of aliphatic hydroxyl groups is 1. The Bertz CT molecular complexity index is 1170. The van der Waals surface area contributed by atoms with E-state index in [2.05, 4.69) is 16.0 Å². The van der Waals surface area contributed by atoms with Crippen LogP contribution in [0.5, 0.6) is 17.2 Å². The maximum atomic E-state index is 12.9. The second-order valence-electron chi connectivity index (χ2n) is 9.35. The standard InChI is InChI=1S/C27H34N4O7/c1-17-3-5-20-14-22(17)36-10-8-28-24(33)16-31(9-7-29-27(35)25(18(2)32)30-26(20)34)15-19-4-6-21-23(13-19)38-12-11-37-21/h3-6,13-14,18,25,32H,7-12,15-16H2,1-2H3,(H,28,33)(H,29,35)(H,30,34)/t18-,25+/m1/s1. The van der Waals surface area contributed by atoms with E-state index < -0.39 is 24.0 Å². The molecule has 38 heavy (non-hydrogen) atoms. The molecule has 2 aromatic rings. The molecule has 2 bridgehead atoms. The molecule has 2 heterocycles. The first-order valence-corrected chi connectivity index (χ1v) is 12.7. The first-order chi connectivity index (χ1) is 18.3. The summed E-state index contributed by atoms with van der Waals surface area (Å²) < 4.78 is 17.1. The fourth-order valence-corrected chi connectivity index (χ4v) is 4.24. The lowest BCUT2D eigenvalue weighted by atomic mass is 10.1. The van der Waals surface area contributed by atoms with Gasteiger partial charge >= 0.3 is 0 Å². The molecule has 2 aromatic carbocycles. The lowest BCUT2D eigenvalue weighted by Gasteiger charge is -2.25. The average molecular weight is 527 g/mol. The molecule has 2 aliphatic heterocycles. The molecule has 0 fully saturated rings. The van der Waals surface area contributed by atoms with Crippen LogP contribution in [-0.4, -0.2) is 85.9 Å². The smallest absolute Gasteiger partial charge is 0.252 e. The molecular weight excluding hydrogens is 492 g/mol. The summed E-state index contributed by atoms with van der Waals surface area (Å²) in [4.78, 5) is 40.4. The van der Waals surface area contributed by atoms with Crippen molar-refractivity contribution in [3.8, 4) is 17.2 Å². The van der Waals surface area contributed by atoms with Gasteiger partial charge in [-0.05, 0) is 49.2 Å². The van der Waals surface area contributed by atoms with Crippen molar-refractivity contribution >= 4 is 17.7 Å². The number of carbonyl (C=O) groups excluding carboxylic acids is 3. The largest absolute Gasteiger partial charge is 0.491 e. The summed E-state index contributed by atoms with van der Waals surface area (Å²) in [5, 5.41) is 18.4. The Kier molecular flexibility index (Phi) is 9.03. The van der Waals surface area contributed by atoms with Gasteiger partial charge in [-0.2, -0.15) is 0 Å². The van der Waals surface area contributed by atoms with E-state index in [1.54, 1.807) is 18.2 Å². The SMILES string of the molecule is Cc1ccc2cc1OCCNC(=O)CN(Cc1ccc3c(c1)OCCO3)CCNC(=O)[C@H]([C@@H](C)O)NC2=O. The summed E-state index contributed by atoms with van der Waals surface area (Å²) in [6.07, 6.45) is -1.12. The average Bonchev–Trinajstić information content (AvgIpc) is 2.89. The Labute approximate surface area is 221 Å². The molecule has 0 saturated carbocycles. The molecule has 11 nitrogen and oxygen atoms in total. The molecule has 0 aliphatic carbocycles. The molecule has 204 valence electrons. The van der Waals surface area contributed by atoms with E-state index in [1.807, 2.05) is 30.0 Å². The van der Waals surface area contributed by atoms with Crippen molar-refractivity contribution in [2.75, 3.05) is 46.0 Å². The summed E-state index contributed by atoms with van der Waals surface area (Å²) in [6, 6.07) is 9.43. The molecule has 4 rings (SSSR count). The number of carbonyl (C=O) groups is 3. The zero-order chi connectivity index (χ0) is 27.1. The molecule has 0 unspecified atom stereocenters. The van der Waals surface area contributed by atoms with Gasteiger partial charge in [-0.3, -0.25) is 19.3 Å². The number of hydrogen-bond acceptors (Lipinski definition) is 8. The molecule has 0 spiro atoms. The second kappa shape index (κ2) is 12.6. The van der Waals surface area contributed by atoms with Crippen LogP contribution in [0.25, 0.3) is 0 Å². The molecule has 2 aliphatic rings. The number of nitrogens with one attached hydrogen (secondary N) is 3. The van der Waals surface area contributed by atoms with Crippen molar-refractivity contribution in [3.63, 3.8) is 0 Å². The first-order valence-electron chi connectivity index (χ1n) is 12.7. The zero-order valence-electron chi connectivity index (χ0n) is 21.6. The number of amides is 3. The van der Waals surface area contributed by atoms with E-state index in [-0.39, 0.29) is 32.1 Å². The molecule has 3 amide bonds. The predicted molar refractivity (Wildman–Crippen MR) is 138 cm³/mol. The number of nitrogens with zero attached hydrogens (tertiary/aromatic N) is 1. The Morgan fingerprint density at radius 2 is 1.71 bits per heavy atom. The van der Waals surface area contributed by atoms with Crippen LogP contribution < -0.4 is 30.2 Å². The fourth-order valence-electron chi connectivity index (χ4n) is 4.24. The Balaban J connectivity index is 1.50. The molecule has 0 radical (unpaired) electrons. The summed E-state index contributed by atoms with van der Waals surface area (Å²) in [7, 11) is 0. The van der Waals surface area contributed by atoms with Crippen molar-refractivity contribution in [1.82, 2.24) is 20.9 Å². The molecule has 4 N–H and O–H groups in total. The van der Waals surface area contributed by atoms with Crippen LogP contribution in [-0.2, 0) is 16.1 Å². The highest BCUT2D eigenvalue weighted by molar-refractivity contribution is 5.98. The van der Waals surface area contributed by atoms with Gasteiger partial charge in [0.25, 0.3) is 5.91 Å². The van der Waals surface area contributed by atoms with Crippen LogP contribution in [0.3, 0.4) is 0 Å². The Morgan fingerprint density at radius 3 is 2.50 bits per heavy atom. The van der Waals surface area contributed by atoms with Crippen molar-refractivity contribution in [2.24, 2.45) is 0 Å². The van der Waals surface area contributed by atoms with Crippen LogP contribution in [0.1, 0.15) is 28.4 Å². The highest BCUT2D eigenvalue weighted by Crippen LogP contribution is 2.31. The normalized spacial score (nSPS) is 20.3. The molecular formula is C27H34N4O7. The highest BCUT2D eigenvalue weighted by atomic mass is 16.6.